The molecule has 14 heavy (non-hydrogen) atoms. The van der Waals surface area contributed by atoms with E-state index in [0.29, 0.717) is 0 Å². The van der Waals surface area contributed by atoms with Crippen molar-refractivity contribution in [2.24, 2.45) is 5.14 Å². The molecule has 0 aromatic heterocycles. The fourth-order valence-electron chi connectivity index (χ4n) is 1.07. The van der Waals surface area contributed by atoms with Crippen molar-refractivity contribution in [3.05, 3.63) is 34.3 Å². The van der Waals surface area contributed by atoms with Crippen molar-refractivity contribution in [3.8, 4) is 0 Å². The van der Waals surface area contributed by atoms with E-state index in [4.69, 9.17) is 5.14 Å². The molecule has 6 heteroatoms. The molecule has 0 aliphatic rings. The maximum atomic E-state index is 10.7. The summed E-state index contributed by atoms with van der Waals surface area (Å²) in [7, 11) is -3.64. The van der Waals surface area contributed by atoms with Gasteiger partial charge in [0.05, 0.1) is 0 Å². The molecule has 0 saturated carbocycles. The van der Waals surface area contributed by atoms with Crippen LogP contribution >= 0.6 is 15.9 Å². The second kappa shape index (κ2) is 4.39. The minimum atomic E-state index is -3.64. The lowest BCUT2D eigenvalue weighted by Gasteiger charge is -2.11. The molecule has 0 aliphatic carbocycles. The van der Waals surface area contributed by atoms with Gasteiger partial charge in [-0.05, 0) is 24.6 Å². The molecule has 1 aromatic carbocycles. The first kappa shape index (κ1) is 11.6. The van der Waals surface area contributed by atoms with Crippen LogP contribution in [0.15, 0.2) is 28.7 Å². The van der Waals surface area contributed by atoms with Gasteiger partial charge in [-0.3, -0.25) is 0 Å². The Morgan fingerprint density at radius 3 is 2.29 bits per heavy atom. The summed E-state index contributed by atoms with van der Waals surface area (Å²) in [5.41, 5.74) is 0.863. The van der Waals surface area contributed by atoms with Crippen LogP contribution in [0.1, 0.15) is 18.5 Å². The second-order valence-electron chi connectivity index (χ2n) is 2.94. The molecule has 1 rings (SSSR count). The standard InChI is InChI=1S/C8H11BrN2O2S/c1-6(11-14(10,12)13)7-2-4-8(9)5-3-7/h2-6,11H,1H3,(H2,10,12,13). The normalized spacial score (nSPS) is 13.9. The lowest BCUT2D eigenvalue weighted by atomic mass is 10.1. The Labute approximate surface area is 91.8 Å². The molecule has 0 fully saturated rings. The summed E-state index contributed by atoms with van der Waals surface area (Å²) in [6.45, 7) is 1.73. The van der Waals surface area contributed by atoms with Gasteiger partial charge < -0.3 is 0 Å². The molecular formula is C8H11BrN2O2S. The predicted octanol–water partition coefficient (Wildman–Crippen LogP) is 1.30. The number of halogens is 1. The van der Waals surface area contributed by atoms with E-state index >= 15 is 0 Å². The fourth-order valence-corrected chi connectivity index (χ4v) is 1.96. The minimum Gasteiger partial charge on any atom is -0.216 e. The van der Waals surface area contributed by atoms with E-state index in [9.17, 15) is 8.42 Å². The number of nitrogens with two attached hydrogens (primary N) is 1. The van der Waals surface area contributed by atoms with Crippen LogP contribution in [0, 0.1) is 0 Å². The van der Waals surface area contributed by atoms with E-state index < -0.39 is 10.2 Å². The van der Waals surface area contributed by atoms with Crippen LogP contribution in [-0.4, -0.2) is 8.42 Å². The van der Waals surface area contributed by atoms with Crippen molar-refractivity contribution in [2.75, 3.05) is 0 Å². The smallest absolute Gasteiger partial charge is 0.216 e. The predicted molar refractivity (Wildman–Crippen MR) is 58.8 cm³/mol. The van der Waals surface area contributed by atoms with E-state index in [1.165, 1.54) is 0 Å². The van der Waals surface area contributed by atoms with Crippen molar-refractivity contribution in [1.82, 2.24) is 4.72 Å². The van der Waals surface area contributed by atoms with Crippen LogP contribution in [0.4, 0.5) is 0 Å². The second-order valence-corrected chi connectivity index (χ2v) is 5.18. The molecule has 1 aromatic rings. The first-order chi connectivity index (χ1) is 6.38. The Hall–Kier alpha value is -0.430. The highest BCUT2D eigenvalue weighted by atomic mass is 79.9. The van der Waals surface area contributed by atoms with Gasteiger partial charge in [0.2, 0.25) is 0 Å². The van der Waals surface area contributed by atoms with Crippen LogP contribution in [0.5, 0.6) is 0 Å². The highest BCUT2D eigenvalue weighted by molar-refractivity contribution is 9.10. The third-order valence-corrected chi connectivity index (χ3v) is 2.92. The molecule has 0 heterocycles. The Balaban J connectivity index is 2.80. The average molecular weight is 279 g/mol. The molecule has 1 unspecified atom stereocenters. The molecule has 78 valence electrons. The van der Waals surface area contributed by atoms with Gasteiger partial charge in [0, 0.05) is 10.5 Å². The van der Waals surface area contributed by atoms with Crippen LogP contribution in [0.2, 0.25) is 0 Å². The highest BCUT2D eigenvalue weighted by Crippen LogP contribution is 2.16. The maximum Gasteiger partial charge on any atom is 0.274 e. The molecular weight excluding hydrogens is 268 g/mol. The highest BCUT2D eigenvalue weighted by Gasteiger charge is 2.10. The van der Waals surface area contributed by atoms with Gasteiger partial charge in [0.15, 0.2) is 0 Å². The summed E-state index contributed by atoms with van der Waals surface area (Å²) in [5.74, 6) is 0. The van der Waals surface area contributed by atoms with Crippen molar-refractivity contribution in [2.45, 2.75) is 13.0 Å². The van der Waals surface area contributed by atoms with Crippen LogP contribution in [0.3, 0.4) is 0 Å². The number of hydrogen-bond donors (Lipinski definition) is 2. The SMILES string of the molecule is CC(NS(N)(=O)=O)c1ccc(Br)cc1. The summed E-state index contributed by atoms with van der Waals surface area (Å²) in [6.07, 6.45) is 0. The molecule has 0 aliphatic heterocycles. The molecule has 3 N–H and O–H groups in total. The molecule has 4 nitrogen and oxygen atoms in total. The molecule has 0 saturated heterocycles. The largest absolute Gasteiger partial charge is 0.274 e. The quantitative estimate of drug-likeness (QED) is 0.875. The van der Waals surface area contributed by atoms with Crippen molar-refractivity contribution >= 4 is 26.1 Å². The summed E-state index contributed by atoms with van der Waals surface area (Å²) < 4.78 is 24.7. The van der Waals surface area contributed by atoms with Crippen LogP contribution < -0.4 is 9.86 Å². The van der Waals surface area contributed by atoms with Gasteiger partial charge in [0.1, 0.15) is 0 Å². The third-order valence-electron chi connectivity index (χ3n) is 1.71. The molecule has 0 amide bonds. The third kappa shape index (κ3) is 3.75. The zero-order chi connectivity index (χ0) is 10.8. The molecule has 0 radical (unpaired) electrons. The summed E-state index contributed by atoms with van der Waals surface area (Å²) in [6, 6.07) is 7.02. The molecule has 0 bridgehead atoms. The van der Waals surface area contributed by atoms with Gasteiger partial charge in [-0.1, -0.05) is 28.1 Å². The first-order valence-corrected chi connectivity index (χ1v) is 6.28. The van der Waals surface area contributed by atoms with Gasteiger partial charge in [0.25, 0.3) is 10.2 Å². The van der Waals surface area contributed by atoms with E-state index in [-0.39, 0.29) is 6.04 Å². The van der Waals surface area contributed by atoms with E-state index in [2.05, 4.69) is 20.7 Å². The Morgan fingerprint density at radius 2 is 1.86 bits per heavy atom. The van der Waals surface area contributed by atoms with E-state index in [0.717, 1.165) is 10.0 Å². The van der Waals surface area contributed by atoms with E-state index in [1.807, 2.05) is 24.3 Å². The summed E-state index contributed by atoms with van der Waals surface area (Å²) in [5, 5.41) is 4.86. The average Bonchev–Trinajstić information content (AvgIpc) is 2.02. The Morgan fingerprint density at radius 1 is 1.36 bits per heavy atom. The van der Waals surface area contributed by atoms with Crippen molar-refractivity contribution in [3.63, 3.8) is 0 Å². The van der Waals surface area contributed by atoms with Gasteiger partial charge in [-0.15, -0.1) is 0 Å². The summed E-state index contributed by atoms with van der Waals surface area (Å²) >= 11 is 3.29. The fraction of sp³-hybridized carbons (Fsp3) is 0.250. The van der Waals surface area contributed by atoms with Crippen LogP contribution in [-0.2, 0) is 10.2 Å². The van der Waals surface area contributed by atoms with Gasteiger partial charge >= 0.3 is 0 Å². The van der Waals surface area contributed by atoms with E-state index in [1.54, 1.807) is 6.92 Å². The van der Waals surface area contributed by atoms with Gasteiger partial charge in [-0.25, -0.2) is 5.14 Å². The zero-order valence-electron chi connectivity index (χ0n) is 7.57. The summed E-state index contributed by atoms with van der Waals surface area (Å²) in [4.78, 5) is 0. The Bertz CT molecular complexity index is 402. The Kier molecular flexibility index (Phi) is 3.65. The van der Waals surface area contributed by atoms with Crippen molar-refractivity contribution in [1.29, 1.82) is 0 Å². The topological polar surface area (TPSA) is 72.2 Å². The molecule has 0 spiro atoms. The number of hydrogen-bond acceptors (Lipinski definition) is 2. The monoisotopic (exact) mass is 278 g/mol. The lowest BCUT2D eigenvalue weighted by molar-refractivity contribution is 0.568. The van der Waals surface area contributed by atoms with Crippen molar-refractivity contribution < 1.29 is 8.42 Å². The zero-order valence-corrected chi connectivity index (χ0v) is 9.97. The first-order valence-electron chi connectivity index (χ1n) is 3.94. The number of nitrogens with one attached hydrogen (secondary N) is 1. The van der Waals surface area contributed by atoms with Gasteiger partial charge in [-0.2, -0.15) is 13.1 Å². The maximum absolute atomic E-state index is 10.7. The van der Waals surface area contributed by atoms with Crippen LogP contribution in [0.25, 0.3) is 0 Å². The molecule has 1 atom stereocenters. The number of rotatable bonds is 3. The number of benzene rings is 1. The lowest BCUT2D eigenvalue weighted by Crippen LogP contribution is -2.32. The minimum absolute atomic E-state index is 0.321.